The maximum Gasteiger partial charge on any atom is 0.264 e. The summed E-state index contributed by atoms with van der Waals surface area (Å²) < 4.78 is 28.8. The number of aryl methyl sites for hydroxylation is 2. The van der Waals surface area contributed by atoms with E-state index in [-0.39, 0.29) is 23.4 Å². The summed E-state index contributed by atoms with van der Waals surface area (Å²) >= 11 is 6.05. The van der Waals surface area contributed by atoms with Gasteiger partial charge in [-0.15, -0.1) is 0 Å². The van der Waals surface area contributed by atoms with Crippen molar-refractivity contribution in [3.05, 3.63) is 94.5 Å². The molecule has 0 saturated heterocycles. The Hall–Kier alpha value is -3.36. The zero-order chi connectivity index (χ0) is 28.7. The fraction of sp³-hybridized carbons (Fsp3) is 0.333. The molecule has 2 amide bonds. The first-order valence-electron chi connectivity index (χ1n) is 12.9. The number of rotatable bonds is 11. The number of anilines is 1. The molecule has 2 atom stereocenters. The fourth-order valence-electron chi connectivity index (χ4n) is 3.96. The molecule has 1 N–H and O–H groups in total. The average Bonchev–Trinajstić information content (AvgIpc) is 2.92. The van der Waals surface area contributed by atoms with Crippen LogP contribution in [-0.4, -0.2) is 43.8 Å². The Morgan fingerprint density at radius 1 is 0.923 bits per heavy atom. The van der Waals surface area contributed by atoms with E-state index in [1.54, 1.807) is 61.5 Å². The number of hydrogen-bond acceptors (Lipinski definition) is 4. The maximum absolute atomic E-state index is 13.9. The van der Waals surface area contributed by atoms with Crippen LogP contribution in [0.1, 0.15) is 43.9 Å². The molecule has 0 bridgehead atoms. The molecule has 0 fully saturated rings. The van der Waals surface area contributed by atoms with Gasteiger partial charge < -0.3 is 10.2 Å². The highest BCUT2D eigenvalue weighted by atomic mass is 35.5. The largest absolute Gasteiger partial charge is 0.352 e. The third-order valence-electron chi connectivity index (χ3n) is 6.82. The van der Waals surface area contributed by atoms with E-state index in [2.05, 4.69) is 5.32 Å². The lowest BCUT2D eigenvalue weighted by Crippen LogP contribution is -2.52. The highest BCUT2D eigenvalue weighted by molar-refractivity contribution is 7.92. The van der Waals surface area contributed by atoms with Gasteiger partial charge in [0.15, 0.2) is 0 Å². The summed E-state index contributed by atoms with van der Waals surface area (Å²) in [5, 5.41) is 3.48. The molecule has 0 aliphatic carbocycles. The summed E-state index contributed by atoms with van der Waals surface area (Å²) in [4.78, 5) is 28.5. The van der Waals surface area contributed by atoms with Crippen molar-refractivity contribution >= 4 is 39.1 Å². The van der Waals surface area contributed by atoms with Crippen molar-refractivity contribution in [3.63, 3.8) is 0 Å². The Kier molecular flexibility index (Phi) is 10.2. The molecule has 3 aromatic rings. The van der Waals surface area contributed by atoms with E-state index in [0.717, 1.165) is 27.4 Å². The SMILES string of the molecule is CC[C@H](C)NC(=O)[C@H](C)N(Cc1ccc(Cl)cc1)C(=O)CN(c1ccc(C)c(C)c1)S(=O)(=O)c1ccccc1. The van der Waals surface area contributed by atoms with Crippen LogP contribution in [0, 0.1) is 13.8 Å². The Labute approximate surface area is 236 Å². The smallest absolute Gasteiger partial charge is 0.264 e. The lowest BCUT2D eigenvalue weighted by atomic mass is 10.1. The van der Waals surface area contributed by atoms with Crippen molar-refractivity contribution in [3.8, 4) is 0 Å². The Balaban J connectivity index is 2.03. The first kappa shape index (κ1) is 30.2. The number of carbonyl (C=O) groups is 2. The number of benzene rings is 3. The van der Waals surface area contributed by atoms with Crippen LogP contribution in [0.5, 0.6) is 0 Å². The molecule has 0 aliphatic rings. The van der Waals surface area contributed by atoms with Gasteiger partial charge in [-0.3, -0.25) is 13.9 Å². The van der Waals surface area contributed by atoms with Crippen LogP contribution in [-0.2, 0) is 26.2 Å². The lowest BCUT2D eigenvalue weighted by Gasteiger charge is -2.32. The lowest BCUT2D eigenvalue weighted by molar-refractivity contribution is -0.139. The minimum atomic E-state index is -4.09. The molecular formula is C30H36ClN3O4S. The highest BCUT2D eigenvalue weighted by Crippen LogP contribution is 2.26. The van der Waals surface area contributed by atoms with Gasteiger partial charge in [-0.25, -0.2) is 8.42 Å². The molecular weight excluding hydrogens is 534 g/mol. The van der Waals surface area contributed by atoms with E-state index in [4.69, 9.17) is 11.6 Å². The van der Waals surface area contributed by atoms with Gasteiger partial charge in [0, 0.05) is 17.6 Å². The maximum atomic E-state index is 13.9. The van der Waals surface area contributed by atoms with Crippen molar-refractivity contribution in [2.24, 2.45) is 0 Å². The van der Waals surface area contributed by atoms with Gasteiger partial charge in [0.2, 0.25) is 11.8 Å². The second-order valence-corrected chi connectivity index (χ2v) is 12.0. The number of amides is 2. The van der Waals surface area contributed by atoms with Crippen LogP contribution < -0.4 is 9.62 Å². The summed E-state index contributed by atoms with van der Waals surface area (Å²) in [5.74, 6) is -0.815. The number of nitrogens with zero attached hydrogens (tertiary/aromatic N) is 2. The van der Waals surface area contributed by atoms with E-state index >= 15 is 0 Å². The Morgan fingerprint density at radius 2 is 1.56 bits per heavy atom. The normalized spacial score (nSPS) is 12.9. The summed E-state index contributed by atoms with van der Waals surface area (Å²) in [6.45, 7) is 8.96. The molecule has 0 unspecified atom stereocenters. The molecule has 0 aliphatic heterocycles. The molecule has 39 heavy (non-hydrogen) atoms. The average molecular weight is 570 g/mol. The fourth-order valence-corrected chi connectivity index (χ4v) is 5.52. The molecule has 7 nitrogen and oxygen atoms in total. The highest BCUT2D eigenvalue weighted by Gasteiger charge is 2.32. The predicted octanol–water partition coefficient (Wildman–Crippen LogP) is 5.48. The third kappa shape index (κ3) is 7.61. The standard InChI is InChI=1S/C30H36ClN3O4S/c1-6-23(4)32-30(36)24(5)33(19-25-13-15-26(31)16-14-25)29(35)20-34(27-17-12-21(2)22(3)18-27)39(37,38)28-10-8-7-9-11-28/h7-18,23-24H,6,19-20H2,1-5H3,(H,32,36)/t23-,24-/m0/s1. The number of hydrogen-bond donors (Lipinski definition) is 1. The van der Waals surface area contributed by atoms with Gasteiger partial charge in [0.1, 0.15) is 12.6 Å². The van der Waals surface area contributed by atoms with E-state index < -0.39 is 28.5 Å². The van der Waals surface area contributed by atoms with Crippen LogP contribution in [0.3, 0.4) is 0 Å². The topological polar surface area (TPSA) is 86.8 Å². The second-order valence-electron chi connectivity index (χ2n) is 9.74. The number of carbonyl (C=O) groups excluding carboxylic acids is 2. The molecule has 0 spiro atoms. The summed E-state index contributed by atoms with van der Waals surface area (Å²) in [5.41, 5.74) is 3.03. The van der Waals surface area contributed by atoms with Crippen molar-refractivity contribution in [2.75, 3.05) is 10.8 Å². The van der Waals surface area contributed by atoms with Gasteiger partial charge in [-0.05, 0) is 87.2 Å². The second kappa shape index (κ2) is 13.1. The molecule has 208 valence electrons. The van der Waals surface area contributed by atoms with Gasteiger partial charge in [-0.2, -0.15) is 0 Å². The van der Waals surface area contributed by atoms with E-state index in [1.807, 2.05) is 33.8 Å². The summed E-state index contributed by atoms with van der Waals surface area (Å²) in [6.07, 6.45) is 0.736. The number of nitrogens with one attached hydrogen (secondary N) is 1. The Bertz CT molecular complexity index is 1400. The molecule has 3 rings (SSSR count). The van der Waals surface area contributed by atoms with Gasteiger partial charge in [0.05, 0.1) is 10.6 Å². The molecule has 0 heterocycles. The number of halogens is 1. The zero-order valence-electron chi connectivity index (χ0n) is 23.0. The van der Waals surface area contributed by atoms with Crippen molar-refractivity contribution in [2.45, 2.75) is 64.6 Å². The van der Waals surface area contributed by atoms with Crippen molar-refractivity contribution in [1.82, 2.24) is 10.2 Å². The summed E-state index contributed by atoms with van der Waals surface area (Å²) in [6, 6.07) is 19.4. The summed E-state index contributed by atoms with van der Waals surface area (Å²) in [7, 11) is -4.09. The first-order valence-corrected chi connectivity index (χ1v) is 14.7. The van der Waals surface area contributed by atoms with Crippen molar-refractivity contribution in [1.29, 1.82) is 0 Å². The quantitative estimate of drug-likeness (QED) is 0.331. The molecule has 0 aromatic heterocycles. The van der Waals surface area contributed by atoms with Crippen molar-refractivity contribution < 1.29 is 18.0 Å². The van der Waals surface area contributed by atoms with Gasteiger partial charge >= 0.3 is 0 Å². The zero-order valence-corrected chi connectivity index (χ0v) is 24.6. The molecule has 3 aromatic carbocycles. The predicted molar refractivity (Wildman–Crippen MR) is 156 cm³/mol. The monoisotopic (exact) mass is 569 g/mol. The molecule has 9 heteroatoms. The molecule has 0 saturated carbocycles. The first-order chi connectivity index (χ1) is 18.4. The Morgan fingerprint density at radius 3 is 2.15 bits per heavy atom. The van der Waals surface area contributed by atoms with Crippen LogP contribution in [0.25, 0.3) is 0 Å². The van der Waals surface area contributed by atoms with E-state index in [0.29, 0.717) is 10.7 Å². The number of sulfonamides is 1. The third-order valence-corrected chi connectivity index (χ3v) is 8.86. The van der Waals surface area contributed by atoms with Crippen LogP contribution in [0.2, 0.25) is 5.02 Å². The minimum absolute atomic E-state index is 0.0714. The van der Waals surface area contributed by atoms with Gasteiger partial charge in [-0.1, -0.05) is 54.9 Å². The van der Waals surface area contributed by atoms with Crippen LogP contribution >= 0.6 is 11.6 Å². The molecule has 0 radical (unpaired) electrons. The van der Waals surface area contributed by atoms with Crippen LogP contribution in [0.15, 0.2) is 77.7 Å². The minimum Gasteiger partial charge on any atom is -0.352 e. The van der Waals surface area contributed by atoms with E-state index in [1.165, 1.54) is 17.0 Å². The van der Waals surface area contributed by atoms with Gasteiger partial charge in [0.25, 0.3) is 10.0 Å². The van der Waals surface area contributed by atoms with E-state index in [9.17, 15) is 18.0 Å². The van der Waals surface area contributed by atoms with Crippen LogP contribution in [0.4, 0.5) is 5.69 Å².